The van der Waals surface area contributed by atoms with E-state index >= 15 is 0 Å². The fraction of sp³-hybridized carbons (Fsp3) is 0.500. The van der Waals surface area contributed by atoms with Crippen LogP contribution in [-0.2, 0) is 12.8 Å². The molecule has 0 saturated carbocycles. The number of carbonyl (C=O) groups is 1. The minimum absolute atomic E-state index is 0.120. The molecule has 1 aliphatic rings. The first-order valence-corrected chi connectivity index (χ1v) is 7.33. The Morgan fingerprint density at radius 3 is 2.83 bits per heavy atom. The molecule has 0 radical (unpaired) electrons. The van der Waals surface area contributed by atoms with Gasteiger partial charge in [-0.3, -0.25) is 15.6 Å². The van der Waals surface area contributed by atoms with Gasteiger partial charge >= 0.3 is 0 Å². The highest BCUT2D eigenvalue weighted by molar-refractivity contribution is 7.80. The van der Waals surface area contributed by atoms with Crippen molar-refractivity contribution in [3.8, 4) is 0 Å². The van der Waals surface area contributed by atoms with E-state index in [2.05, 4.69) is 16.2 Å². The molecule has 0 aromatic carbocycles. The van der Waals surface area contributed by atoms with Gasteiger partial charge in [-0.05, 0) is 49.5 Å². The Morgan fingerprint density at radius 2 is 2.06 bits per heavy atom. The Balaban J connectivity index is 2.00. The third kappa shape index (κ3) is 3.20. The maximum Gasteiger partial charge on any atom is 0.279 e. The smallest absolute Gasteiger partial charge is 0.279 e. The fourth-order valence-corrected chi connectivity index (χ4v) is 3.22. The number of rotatable bonds is 1. The van der Waals surface area contributed by atoms with Crippen molar-refractivity contribution in [3.63, 3.8) is 0 Å². The van der Waals surface area contributed by atoms with Gasteiger partial charge in [-0.2, -0.15) is 0 Å². The lowest BCUT2D eigenvalue weighted by Crippen LogP contribution is -2.45. The summed E-state index contributed by atoms with van der Waals surface area (Å²) in [5.41, 5.74) is 6.59. The average Bonchev–Trinajstić information content (AvgIpc) is 2.67. The lowest BCUT2D eigenvalue weighted by molar-refractivity contribution is 0.0948. The highest BCUT2D eigenvalue weighted by Crippen LogP contribution is 2.28. The molecular formula is C12H17N3OS2. The summed E-state index contributed by atoms with van der Waals surface area (Å²) in [6, 6.07) is 2.02. The molecule has 1 heterocycles. The zero-order valence-corrected chi connectivity index (χ0v) is 12.0. The summed E-state index contributed by atoms with van der Waals surface area (Å²) in [6.07, 6.45) is 5.96. The number of fused-ring (bicyclic) bond motifs is 1. The quantitative estimate of drug-likeness (QED) is 0.418. The second-order valence-corrected chi connectivity index (χ2v) is 5.82. The lowest BCUT2D eigenvalue weighted by atomic mass is 10.1. The van der Waals surface area contributed by atoms with Crippen molar-refractivity contribution < 1.29 is 4.79 Å². The van der Waals surface area contributed by atoms with Crippen LogP contribution < -0.4 is 16.2 Å². The number of thiophene rings is 1. The van der Waals surface area contributed by atoms with E-state index in [9.17, 15) is 4.79 Å². The van der Waals surface area contributed by atoms with Gasteiger partial charge in [0.1, 0.15) is 0 Å². The molecular weight excluding hydrogens is 266 g/mol. The van der Waals surface area contributed by atoms with Crippen LogP contribution in [0.4, 0.5) is 0 Å². The second-order valence-electron chi connectivity index (χ2n) is 4.28. The normalized spacial score (nSPS) is 14.3. The molecule has 0 spiro atoms. The van der Waals surface area contributed by atoms with Gasteiger partial charge in [-0.1, -0.05) is 6.42 Å². The Morgan fingerprint density at radius 1 is 1.28 bits per heavy atom. The van der Waals surface area contributed by atoms with Gasteiger partial charge in [0.05, 0.1) is 4.88 Å². The first-order valence-electron chi connectivity index (χ1n) is 6.10. The summed E-state index contributed by atoms with van der Waals surface area (Å²) in [5, 5.41) is 3.14. The van der Waals surface area contributed by atoms with Crippen molar-refractivity contribution in [2.24, 2.45) is 0 Å². The molecule has 1 aromatic heterocycles. The molecule has 3 N–H and O–H groups in total. The molecule has 6 heteroatoms. The van der Waals surface area contributed by atoms with E-state index in [-0.39, 0.29) is 5.91 Å². The van der Waals surface area contributed by atoms with Gasteiger partial charge in [0.15, 0.2) is 5.11 Å². The van der Waals surface area contributed by atoms with Gasteiger partial charge < -0.3 is 5.32 Å². The number of amides is 1. The minimum atomic E-state index is -0.120. The molecule has 4 nitrogen and oxygen atoms in total. The molecule has 2 rings (SSSR count). The molecule has 1 aliphatic carbocycles. The van der Waals surface area contributed by atoms with Crippen molar-refractivity contribution in [2.75, 3.05) is 7.05 Å². The van der Waals surface area contributed by atoms with Gasteiger partial charge in [0, 0.05) is 11.9 Å². The Bertz CT molecular complexity index is 433. The van der Waals surface area contributed by atoms with Crippen LogP contribution in [0.1, 0.15) is 39.4 Å². The molecule has 18 heavy (non-hydrogen) atoms. The van der Waals surface area contributed by atoms with Crippen LogP contribution in [0.15, 0.2) is 6.07 Å². The highest BCUT2D eigenvalue weighted by atomic mass is 32.1. The fourth-order valence-electron chi connectivity index (χ4n) is 2.02. The lowest BCUT2D eigenvalue weighted by Gasteiger charge is -2.07. The number of nitrogens with one attached hydrogen (secondary N) is 3. The first-order chi connectivity index (χ1) is 8.70. The monoisotopic (exact) mass is 283 g/mol. The van der Waals surface area contributed by atoms with E-state index in [0.29, 0.717) is 5.11 Å². The molecule has 0 aliphatic heterocycles. The number of aryl methyl sites for hydroxylation is 2. The predicted octanol–water partition coefficient (Wildman–Crippen LogP) is 1.76. The topological polar surface area (TPSA) is 53.2 Å². The SMILES string of the molecule is CNC(=S)NNC(=O)c1cc2c(s1)CCCCC2. The van der Waals surface area contributed by atoms with Gasteiger partial charge in [-0.15, -0.1) is 11.3 Å². The summed E-state index contributed by atoms with van der Waals surface area (Å²) in [5.74, 6) is -0.120. The van der Waals surface area contributed by atoms with Gasteiger partial charge in [0.2, 0.25) is 0 Å². The number of carbonyl (C=O) groups excluding carboxylic acids is 1. The maximum absolute atomic E-state index is 11.9. The summed E-state index contributed by atoms with van der Waals surface area (Å²) >= 11 is 6.49. The van der Waals surface area contributed by atoms with E-state index in [1.54, 1.807) is 18.4 Å². The Labute approximate surface area is 116 Å². The number of thiocarbonyl (C=S) groups is 1. The highest BCUT2D eigenvalue weighted by Gasteiger charge is 2.16. The average molecular weight is 283 g/mol. The predicted molar refractivity (Wildman–Crippen MR) is 77.8 cm³/mol. The third-order valence-corrected chi connectivity index (χ3v) is 4.53. The minimum Gasteiger partial charge on any atom is -0.364 e. The summed E-state index contributed by atoms with van der Waals surface area (Å²) < 4.78 is 0. The van der Waals surface area contributed by atoms with Crippen LogP contribution in [0.2, 0.25) is 0 Å². The van der Waals surface area contributed by atoms with Crippen LogP contribution in [0.3, 0.4) is 0 Å². The van der Waals surface area contributed by atoms with Crippen LogP contribution in [0, 0.1) is 0 Å². The zero-order valence-electron chi connectivity index (χ0n) is 10.3. The Hall–Kier alpha value is -1.14. The zero-order chi connectivity index (χ0) is 13.0. The largest absolute Gasteiger partial charge is 0.364 e. The van der Waals surface area contributed by atoms with E-state index < -0.39 is 0 Å². The standard InChI is InChI=1S/C12H17N3OS2/c1-13-12(17)15-14-11(16)10-7-8-5-3-2-4-6-9(8)18-10/h7H,2-6H2,1H3,(H,14,16)(H2,13,15,17). The Kier molecular flexibility index (Phi) is 4.54. The second kappa shape index (κ2) is 6.15. The van der Waals surface area contributed by atoms with E-state index in [1.807, 2.05) is 6.07 Å². The van der Waals surface area contributed by atoms with Crippen LogP contribution in [0.5, 0.6) is 0 Å². The van der Waals surface area contributed by atoms with Crippen molar-refractivity contribution in [1.29, 1.82) is 0 Å². The number of hydrogen-bond donors (Lipinski definition) is 3. The van der Waals surface area contributed by atoms with E-state index in [0.717, 1.165) is 17.7 Å². The van der Waals surface area contributed by atoms with Crippen LogP contribution >= 0.6 is 23.6 Å². The van der Waals surface area contributed by atoms with E-state index in [4.69, 9.17) is 12.2 Å². The molecule has 0 atom stereocenters. The number of hydrazine groups is 1. The molecule has 0 bridgehead atoms. The molecule has 1 aromatic rings. The summed E-state index contributed by atoms with van der Waals surface area (Å²) in [4.78, 5) is 14.0. The van der Waals surface area contributed by atoms with E-state index in [1.165, 1.54) is 29.7 Å². The van der Waals surface area contributed by atoms with Gasteiger partial charge in [0.25, 0.3) is 5.91 Å². The van der Waals surface area contributed by atoms with Gasteiger partial charge in [-0.25, -0.2) is 0 Å². The van der Waals surface area contributed by atoms with Crippen LogP contribution in [0.25, 0.3) is 0 Å². The van der Waals surface area contributed by atoms with Crippen molar-refractivity contribution >= 4 is 34.6 Å². The summed E-state index contributed by atoms with van der Waals surface area (Å²) in [6.45, 7) is 0. The summed E-state index contributed by atoms with van der Waals surface area (Å²) in [7, 11) is 1.70. The van der Waals surface area contributed by atoms with Crippen molar-refractivity contribution in [3.05, 3.63) is 21.4 Å². The number of hydrogen-bond acceptors (Lipinski definition) is 3. The van der Waals surface area contributed by atoms with Crippen molar-refractivity contribution in [2.45, 2.75) is 32.1 Å². The first kappa shape index (κ1) is 13.3. The van der Waals surface area contributed by atoms with Crippen LogP contribution in [-0.4, -0.2) is 18.1 Å². The third-order valence-electron chi connectivity index (χ3n) is 2.99. The molecule has 1 amide bonds. The molecule has 98 valence electrons. The maximum atomic E-state index is 11.9. The van der Waals surface area contributed by atoms with Crippen molar-refractivity contribution in [1.82, 2.24) is 16.2 Å². The molecule has 0 fully saturated rings. The molecule has 0 unspecified atom stereocenters. The molecule has 0 saturated heterocycles.